The van der Waals surface area contributed by atoms with Crippen molar-refractivity contribution in [1.82, 2.24) is 4.90 Å². The molecule has 0 saturated heterocycles. The van der Waals surface area contributed by atoms with Gasteiger partial charge in [0.1, 0.15) is 0 Å². The number of ether oxygens (including phenoxy) is 1. The lowest BCUT2D eigenvalue weighted by molar-refractivity contribution is -0.142. The molecule has 15 heavy (non-hydrogen) atoms. The van der Waals surface area contributed by atoms with Gasteiger partial charge in [0.2, 0.25) is 0 Å². The van der Waals surface area contributed by atoms with Crippen LogP contribution in [0.25, 0.3) is 0 Å². The zero-order valence-corrected chi connectivity index (χ0v) is 10.4. The van der Waals surface area contributed by atoms with Crippen molar-refractivity contribution < 1.29 is 14.6 Å². The van der Waals surface area contributed by atoms with Crippen molar-refractivity contribution in [3.05, 3.63) is 0 Å². The standard InChI is InChI=1S/C11H23NO3/c1-8(2)10(7-15-5)12(4)6-9(3)11(13)14/h8-10H,6-7H2,1-5H3,(H,13,14). The van der Waals surface area contributed by atoms with Crippen molar-refractivity contribution in [3.8, 4) is 0 Å². The summed E-state index contributed by atoms with van der Waals surface area (Å²) in [6.45, 7) is 7.16. The number of hydrogen-bond donors (Lipinski definition) is 1. The van der Waals surface area contributed by atoms with Crippen LogP contribution >= 0.6 is 0 Å². The summed E-state index contributed by atoms with van der Waals surface area (Å²) in [5.74, 6) is -0.633. The molecule has 1 N–H and O–H groups in total. The number of likely N-dealkylation sites (N-methyl/N-ethyl adjacent to an activating group) is 1. The van der Waals surface area contributed by atoms with Gasteiger partial charge in [0.25, 0.3) is 0 Å². The van der Waals surface area contributed by atoms with Gasteiger partial charge in [-0.1, -0.05) is 20.8 Å². The van der Waals surface area contributed by atoms with Crippen LogP contribution in [0, 0.1) is 11.8 Å². The Kier molecular flexibility index (Phi) is 6.52. The van der Waals surface area contributed by atoms with E-state index in [9.17, 15) is 4.79 Å². The Morgan fingerprint density at radius 3 is 2.27 bits per heavy atom. The molecule has 90 valence electrons. The third-order valence-electron chi connectivity index (χ3n) is 2.66. The van der Waals surface area contributed by atoms with E-state index in [2.05, 4.69) is 18.7 Å². The first kappa shape index (κ1) is 14.4. The molecule has 0 saturated carbocycles. The number of hydrogen-bond acceptors (Lipinski definition) is 3. The molecule has 0 aliphatic rings. The fourth-order valence-electron chi connectivity index (χ4n) is 1.64. The first-order chi connectivity index (χ1) is 6.90. The molecule has 0 spiro atoms. The van der Waals surface area contributed by atoms with Crippen LogP contribution in [0.2, 0.25) is 0 Å². The van der Waals surface area contributed by atoms with Crippen LogP contribution in [0.4, 0.5) is 0 Å². The zero-order chi connectivity index (χ0) is 12.0. The van der Waals surface area contributed by atoms with Gasteiger partial charge < -0.3 is 14.7 Å². The Labute approximate surface area is 92.2 Å². The number of carbonyl (C=O) groups is 1. The number of carboxylic acids is 1. The van der Waals surface area contributed by atoms with E-state index in [4.69, 9.17) is 9.84 Å². The van der Waals surface area contributed by atoms with Crippen molar-refractivity contribution in [1.29, 1.82) is 0 Å². The quantitative estimate of drug-likeness (QED) is 0.698. The van der Waals surface area contributed by atoms with Crippen molar-refractivity contribution in [2.24, 2.45) is 11.8 Å². The summed E-state index contributed by atoms with van der Waals surface area (Å²) >= 11 is 0. The minimum Gasteiger partial charge on any atom is -0.481 e. The Morgan fingerprint density at radius 2 is 1.93 bits per heavy atom. The van der Waals surface area contributed by atoms with Gasteiger partial charge in [-0.2, -0.15) is 0 Å². The molecule has 4 heteroatoms. The topological polar surface area (TPSA) is 49.8 Å². The molecular formula is C11H23NO3. The highest BCUT2D eigenvalue weighted by Gasteiger charge is 2.22. The minimum absolute atomic E-state index is 0.275. The predicted molar refractivity (Wildman–Crippen MR) is 59.9 cm³/mol. The van der Waals surface area contributed by atoms with Crippen LogP contribution in [-0.2, 0) is 9.53 Å². The van der Waals surface area contributed by atoms with Crippen LogP contribution < -0.4 is 0 Å². The van der Waals surface area contributed by atoms with E-state index < -0.39 is 5.97 Å². The minimum atomic E-state index is -0.748. The van der Waals surface area contributed by atoms with Gasteiger partial charge >= 0.3 is 5.97 Å². The monoisotopic (exact) mass is 217 g/mol. The molecule has 0 aliphatic carbocycles. The number of rotatable bonds is 7. The highest BCUT2D eigenvalue weighted by Crippen LogP contribution is 2.11. The van der Waals surface area contributed by atoms with Gasteiger partial charge in [0.05, 0.1) is 12.5 Å². The van der Waals surface area contributed by atoms with E-state index in [-0.39, 0.29) is 12.0 Å². The smallest absolute Gasteiger partial charge is 0.307 e. The van der Waals surface area contributed by atoms with Crippen LogP contribution in [0.1, 0.15) is 20.8 Å². The molecule has 0 fully saturated rings. The van der Waals surface area contributed by atoms with Gasteiger partial charge in [-0.15, -0.1) is 0 Å². The van der Waals surface area contributed by atoms with E-state index in [1.165, 1.54) is 0 Å². The fraction of sp³-hybridized carbons (Fsp3) is 0.909. The van der Waals surface area contributed by atoms with E-state index in [1.54, 1.807) is 14.0 Å². The van der Waals surface area contributed by atoms with Gasteiger partial charge in [-0.05, 0) is 13.0 Å². The number of nitrogens with zero attached hydrogens (tertiary/aromatic N) is 1. The van der Waals surface area contributed by atoms with Crippen molar-refractivity contribution in [3.63, 3.8) is 0 Å². The number of aliphatic carboxylic acids is 1. The number of methoxy groups -OCH3 is 1. The molecule has 0 amide bonds. The second-order valence-electron chi connectivity index (χ2n) is 4.45. The average Bonchev–Trinajstić information content (AvgIpc) is 2.12. The van der Waals surface area contributed by atoms with Crippen LogP contribution in [0.15, 0.2) is 0 Å². The summed E-state index contributed by atoms with van der Waals surface area (Å²) in [4.78, 5) is 12.8. The van der Waals surface area contributed by atoms with Gasteiger partial charge in [-0.3, -0.25) is 4.79 Å². The molecule has 0 rings (SSSR count). The Hall–Kier alpha value is -0.610. The zero-order valence-electron chi connectivity index (χ0n) is 10.4. The average molecular weight is 217 g/mol. The maximum Gasteiger partial charge on any atom is 0.307 e. The maximum absolute atomic E-state index is 10.7. The van der Waals surface area contributed by atoms with Crippen LogP contribution in [0.5, 0.6) is 0 Å². The Balaban J connectivity index is 4.24. The third-order valence-corrected chi connectivity index (χ3v) is 2.66. The molecule has 0 bridgehead atoms. The SMILES string of the molecule is COCC(C(C)C)N(C)CC(C)C(=O)O. The molecule has 0 radical (unpaired) electrons. The van der Waals surface area contributed by atoms with Crippen LogP contribution in [0.3, 0.4) is 0 Å². The normalized spacial score (nSPS) is 15.7. The van der Waals surface area contributed by atoms with Crippen LogP contribution in [-0.4, -0.2) is 49.3 Å². The summed E-state index contributed by atoms with van der Waals surface area (Å²) in [6.07, 6.45) is 0. The van der Waals surface area contributed by atoms with Crippen molar-refractivity contribution in [2.75, 3.05) is 27.3 Å². The summed E-state index contributed by atoms with van der Waals surface area (Å²) in [5, 5.41) is 8.82. The predicted octanol–water partition coefficient (Wildman–Crippen LogP) is 1.31. The summed E-state index contributed by atoms with van der Waals surface area (Å²) in [7, 11) is 3.62. The van der Waals surface area contributed by atoms with E-state index in [0.717, 1.165) is 0 Å². The lowest BCUT2D eigenvalue weighted by Crippen LogP contribution is -2.42. The van der Waals surface area contributed by atoms with Crippen molar-refractivity contribution in [2.45, 2.75) is 26.8 Å². The molecule has 2 unspecified atom stereocenters. The highest BCUT2D eigenvalue weighted by atomic mass is 16.5. The fourth-order valence-corrected chi connectivity index (χ4v) is 1.64. The Morgan fingerprint density at radius 1 is 1.40 bits per heavy atom. The Bertz CT molecular complexity index is 194. The summed E-state index contributed by atoms with van der Waals surface area (Å²) in [6, 6.07) is 0.275. The molecule has 2 atom stereocenters. The van der Waals surface area contributed by atoms with Gasteiger partial charge in [-0.25, -0.2) is 0 Å². The molecule has 0 aromatic rings. The molecule has 0 aliphatic heterocycles. The molecule has 0 heterocycles. The second kappa shape index (κ2) is 6.80. The highest BCUT2D eigenvalue weighted by molar-refractivity contribution is 5.69. The van der Waals surface area contributed by atoms with E-state index in [1.807, 2.05) is 7.05 Å². The van der Waals surface area contributed by atoms with E-state index in [0.29, 0.717) is 19.1 Å². The summed E-state index contributed by atoms with van der Waals surface area (Å²) < 4.78 is 5.14. The number of carboxylic acid groups (broad SMARTS) is 1. The second-order valence-corrected chi connectivity index (χ2v) is 4.45. The molecule has 0 aromatic heterocycles. The molecular weight excluding hydrogens is 194 g/mol. The first-order valence-electron chi connectivity index (χ1n) is 5.32. The maximum atomic E-state index is 10.7. The summed E-state index contributed by atoms with van der Waals surface area (Å²) in [5.41, 5.74) is 0. The largest absolute Gasteiger partial charge is 0.481 e. The van der Waals surface area contributed by atoms with Gasteiger partial charge in [0.15, 0.2) is 0 Å². The first-order valence-corrected chi connectivity index (χ1v) is 5.32. The molecule has 0 aromatic carbocycles. The third kappa shape index (κ3) is 5.14. The van der Waals surface area contributed by atoms with E-state index >= 15 is 0 Å². The lowest BCUT2D eigenvalue weighted by atomic mass is 10.0. The van der Waals surface area contributed by atoms with Gasteiger partial charge in [0, 0.05) is 19.7 Å². The van der Waals surface area contributed by atoms with Crippen molar-refractivity contribution >= 4 is 5.97 Å². The lowest BCUT2D eigenvalue weighted by Gasteiger charge is -2.31. The molecule has 4 nitrogen and oxygen atoms in total.